The van der Waals surface area contributed by atoms with E-state index < -0.39 is 28.1 Å². The van der Waals surface area contributed by atoms with Crippen molar-refractivity contribution in [2.75, 3.05) is 19.6 Å². The lowest BCUT2D eigenvalue weighted by Crippen LogP contribution is -2.68. The fourth-order valence-corrected chi connectivity index (χ4v) is 9.37. The van der Waals surface area contributed by atoms with Crippen LogP contribution in [0.15, 0.2) is 27.6 Å². The molecule has 0 aliphatic heterocycles. The second kappa shape index (κ2) is 10.4. The van der Waals surface area contributed by atoms with Gasteiger partial charge in [0.1, 0.15) is 12.4 Å². The fraction of sp³-hybridized carbons (Fsp3) is 0.774. The highest BCUT2D eigenvalue weighted by atomic mass is 16.5. The molecule has 4 aliphatic rings. The summed E-state index contributed by atoms with van der Waals surface area (Å²) in [4.78, 5) is 39.3. The van der Waals surface area contributed by atoms with E-state index in [2.05, 4.69) is 25.7 Å². The van der Waals surface area contributed by atoms with E-state index in [0.29, 0.717) is 45.1 Å². The summed E-state index contributed by atoms with van der Waals surface area (Å²) in [5.41, 5.74) is -3.03. The van der Waals surface area contributed by atoms with Gasteiger partial charge in [0, 0.05) is 24.4 Å². The molecule has 0 amide bonds. The Hall–Kier alpha value is -2.03. The molecular weight excluding hydrogens is 498 g/mol. The number of aliphatic hydroxyl groups is 2. The Morgan fingerprint density at radius 1 is 1.08 bits per heavy atom. The Balaban J connectivity index is 1.33. The number of carbonyl (C=O) groups is 2. The van der Waals surface area contributed by atoms with Crippen molar-refractivity contribution in [1.29, 1.82) is 0 Å². The predicted octanol–water partition coefficient (Wildman–Crippen LogP) is 3.82. The Labute approximate surface area is 231 Å². The van der Waals surface area contributed by atoms with E-state index in [4.69, 9.17) is 9.15 Å². The van der Waals surface area contributed by atoms with E-state index >= 15 is 0 Å². The topological polar surface area (TPSA) is 117 Å². The minimum atomic E-state index is -1.25. The second-order valence-corrected chi connectivity index (χ2v) is 12.9. The van der Waals surface area contributed by atoms with Crippen molar-refractivity contribution < 1.29 is 29.0 Å². The van der Waals surface area contributed by atoms with Crippen molar-refractivity contribution in [3.63, 3.8) is 0 Å². The average Bonchev–Trinajstić information content (AvgIpc) is 3.20. The SMILES string of the molecule is CCN(CC)CCC(=O)OC1CCC2(C=O)C3CCC4(C)C(c5ccc(=O)oc5)CCC4(O)C3CCC2(O)C1. The quantitative estimate of drug-likeness (QED) is 0.375. The molecule has 4 saturated carbocycles. The van der Waals surface area contributed by atoms with Gasteiger partial charge in [-0.05, 0) is 93.8 Å². The third-order valence-corrected chi connectivity index (χ3v) is 11.6. The van der Waals surface area contributed by atoms with Crippen molar-refractivity contribution in [2.24, 2.45) is 22.7 Å². The summed E-state index contributed by atoms with van der Waals surface area (Å²) >= 11 is 0. The van der Waals surface area contributed by atoms with E-state index in [-0.39, 0.29) is 35.8 Å². The Bertz CT molecular complexity index is 1110. The third kappa shape index (κ3) is 4.41. The number of esters is 1. The Kier molecular flexibility index (Phi) is 7.61. The van der Waals surface area contributed by atoms with Crippen molar-refractivity contribution in [3.8, 4) is 0 Å². The maximum Gasteiger partial charge on any atom is 0.335 e. The molecule has 0 bridgehead atoms. The summed E-state index contributed by atoms with van der Waals surface area (Å²) in [7, 11) is 0. The van der Waals surface area contributed by atoms with Crippen LogP contribution in [0, 0.1) is 22.7 Å². The van der Waals surface area contributed by atoms with Gasteiger partial charge in [-0.1, -0.05) is 20.8 Å². The van der Waals surface area contributed by atoms with Gasteiger partial charge in [-0.3, -0.25) is 4.79 Å². The van der Waals surface area contributed by atoms with Gasteiger partial charge in [0.05, 0.1) is 29.3 Å². The zero-order valence-corrected chi connectivity index (χ0v) is 23.7. The number of nitrogens with zero attached hydrogens (tertiary/aromatic N) is 1. The number of rotatable bonds is 8. The van der Waals surface area contributed by atoms with Crippen LogP contribution in [0.4, 0.5) is 0 Å². The Morgan fingerprint density at radius 3 is 2.49 bits per heavy atom. The lowest BCUT2D eigenvalue weighted by atomic mass is 9.41. The maximum atomic E-state index is 12.9. The van der Waals surface area contributed by atoms with Crippen molar-refractivity contribution in [1.82, 2.24) is 4.90 Å². The normalized spacial score (nSPS) is 41.4. The number of carbonyl (C=O) groups excluding carboxylic acids is 2. The average molecular weight is 544 g/mol. The van der Waals surface area contributed by atoms with E-state index in [1.165, 1.54) is 12.3 Å². The van der Waals surface area contributed by atoms with Crippen LogP contribution in [0.3, 0.4) is 0 Å². The number of fused-ring (bicyclic) bond motifs is 5. The molecule has 0 spiro atoms. The van der Waals surface area contributed by atoms with E-state index in [9.17, 15) is 24.6 Å². The lowest BCUT2D eigenvalue weighted by Gasteiger charge is -2.65. The molecule has 5 rings (SSSR count). The van der Waals surface area contributed by atoms with Gasteiger partial charge in [-0.25, -0.2) is 4.79 Å². The molecule has 2 N–H and O–H groups in total. The number of hydrogen-bond donors (Lipinski definition) is 2. The summed E-state index contributed by atoms with van der Waals surface area (Å²) in [5.74, 6) is -0.416. The highest BCUT2D eigenvalue weighted by Crippen LogP contribution is 2.71. The summed E-state index contributed by atoms with van der Waals surface area (Å²) < 4.78 is 11.0. The summed E-state index contributed by atoms with van der Waals surface area (Å²) in [6, 6.07) is 3.26. The first-order valence-corrected chi connectivity index (χ1v) is 15.0. The predicted molar refractivity (Wildman–Crippen MR) is 145 cm³/mol. The highest BCUT2D eigenvalue weighted by molar-refractivity contribution is 5.70. The molecule has 0 saturated heterocycles. The molecule has 8 atom stereocenters. The van der Waals surface area contributed by atoms with Gasteiger partial charge >= 0.3 is 11.6 Å². The second-order valence-electron chi connectivity index (χ2n) is 12.9. The van der Waals surface area contributed by atoms with Gasteiger partial charge in [0.25, 0.3) is 0 Å². The maximum absolute atomic E-state index is 12.9. The molecule has 8 heteroatoms. The van der Waals surface area contributed by atoms with Crippen LogP contribution in [0.5, 0.6) is 0 Å². The first-order chi connectivity index (χ1) is 18.6. The van der Waals surface area contributed by atoms with Crippen molar-refractivity contribution in [2.45, 2.75) is 108 Å². The molecule has 0 radical (unpaired) electrons. The highest BCUT2D eigenvalue weighted by Gasteiger charge is 2.71. The van der Waals surface area contributed by atoms with E-state index in [1.807, 2.05) is 6.07 Å². The van der Waals surface area contributed by atoms with Gasteiger partial charge in [0.15, 0.2) is 0 Å². The van der Waals surface area contributed by atoms with Gasteiger partial charge in [-0.2, -0.15) is 0 Å². The van der Waals surface area contributed by atoms with Gasteiger partial charge in [-0.15, -0.1) is 0 Å². The van der Waals surface area contributed by atoms with Gasteiger partial charge in [0.2, 0.25) is 0 Å². The molecule has 4 fully saturated rings. The number of ether oxygens (including phenoxy) is 1. The fourth-order valence-electron chi connectivity index (χ4n) is 9.37. The van der Waals surface area contributed by atoms with E-state index in [1.54, 1.807) is 0 Å². The summed E-state index contributed by atoms with van der Waals surface area (Å²) in [5, 5.41) is 24.4. The van der Waals surface area contributed by atoms with Crippen LogP contribution in [0.25, 0.3) is 0 Å². The summed E-state index contributed by atoms with van der Waals surface area (Å²) in [6.45, 7) is 8.69. The molecule has 4 aliphatic carbocycles. The van der Waals surface area contributed by atoms with E-state index in [0.717, 1.165) is 44.2 Å². The molecule has 0 aromatic carbocycles. The Morgan fingerprint density at radius 2 is 1.82 bits per heavy atom. The van der Waals surface area contributed by atoms with Crippen molar-refractivity contribution >= 4 is 12.3 Å². The van der Waals surface area contributed by atoms with Crippen molar-refractivity contribution in [3.05, 3.63) is 34.4 Å². The first kappa shape index (κ1) is 28.5. The molecule has 1 aromatic heterocycles. The van der Waals surface area contributed by atoms with Crippen LogP contribution in [-0.4, -0.2) is 64.3 Å². The monoisotopic (exact) mass is 543 g/mol. The molecule has 8 unspecified atom stereocenters. The van der Waals surface area contributed by atoms with Crippen LogP contribution in [0.1, 0.15) is 96.5 Å². The van der Waals surface area contributed by atoms with Gasteiger partial charge < -0.3 is 29.1 Å². The minimum absolute atomic E-state index is 0.0623. The van der Waals surface area contributed by atoms with Crippen LogP contribution >= 0.6 is 0 Å². The number of hydrogen-bond acceptors (Lipinski definition) is 8. The van der Waals surface area contributed by atoms with Crippen LogP contribution in [-0.2, 0) is 14.3 Å². The minimum Gasteiger partial charge on any atom is -0.462 e. The zero-order chi connectivity index (χ0) is 28.1. The smallest absolute Gasteiger partial charge is 0.335 e. The van der Waals surface area contributed by atoms with Crippen LogP contribution in [0.2, 0.25) is 0 Å². The molecule has 216 valence electrons. The lowest BCUT2D eigenvalue weighted by molar-refractivity contribution is -0.248. The molecular formula is C31H45NO7. The zero-order valence-electron chi connectivity index (χ0n) is 23.7. The molecule has 39 heavy (non-hydrogen) atoms. The summed E-state index contributed by atoms with van der Waals surface area (Å²) in [6.07, 6.45) is 7.62. The number of aldehydes is 1. The molecule has 1 heterocycles. The molecule has 8 nitrogen and oxygen atoms in total. The largest absolute Gasteiger partial charge is 0.462 e. The molecule has 1 aromatic rings. The third-order valence-electron chi connectivity index (χ3n) is 11.6. The standard InChI is InChI=1S/C31H45NO7/c1-4-32(5-2)17-12-27(35)39-22-8-14-29(20-33)24-9-13-28(3)23(21-6-7-26(34)38-19-21)11-16-31(28,37)25(24)10-15-30(29,36)18-22/h6-7,19-20,22-25,36-37H,4-5,8-18H2,1-3H3. The first-order valence-electron chi connectivity index (χ1n) is 15.0. The van der Waals surface area contributed by atoms with Crippen LogP contribution < -0.4 is 5.63 Å².